The average Bonchev–Trinajstić information content (AvgIpc) is 2.46. The van der Waals surface area contributed by atoms with Crippen LogP contribution in [0, 0.1) is 5.41 Å². The standard InChI is InChI=1S/C17H17NS/c1-3-11-8-9-13-15(10-11)19-14-7-5-6-12(4-2)16(14)17(13)18/h5-10,18H,3-4H2,1-2H3. The molecule has 19 heavy (non-hydrogen) atoms. The van der Waals surface area contributed by atoms with Crippen LogP contribution in [0.2, 0.25) is 0 Å². The van der Waals surface area contributed by atoms with Crippen LogP contribution in [0.5, 0.6) is 0 Å². The van der Waals surface area contributed by atoms with Crippen molar-refractivity contribution in [2.75, 3.05) is 0 Å². The molecule has 3 rings (SSSR count). The van der Waals surface area contributed by atoms with Crippen molar-refractivity contribution in [3.05, 3.63) is 52.9 Å². The molecule has 1 heterocycles. The van der Waals surface area contributed by atoms with Crippen molar-refractivity contribution in [3.8, 4) is 0 Å². The fraction of sp³-hybridized carbons (Fsp3) is 0.235. The zero-order valence-corrected chi connectivity index (χ0v) is 12.1. The average molecular weight is 267 g/mol. The Balaban J connectivity index is 2.48. The van der Waals surface area contributed by atoms with E-state index in [1.165, 1.54) is 20.5 Å². The van der Waals surface area contributed by atoms with Crippen molar-refractivity contribution in [3.63, 3.8) is 0 Å². The Hall–Kier alpha value is -1.67. The molecule has 1 N–H and O–H groups in total. The molecule has 2 aromatic carbocycles. The number of nitrogens with one attached hydrogen (secondary N) is 1. The maximum absolute atomic E-state index is 8.51. The minimum atomic E-state index is 0.684. The number of aryl methyl sites for hydroxylation is 2. The Kier molecular flexibility index (Phi) is 3.11. The van der Waals surface area contributed by atoms with Gasteiger partial charge in [-0.1, -0.05) is 38.1 Å². The minimum Gasteiger partial charge on any atom is -0.300 e. The smallest absolute Gasteiger partial charge is 0.0715 e. The number of hydrogen-bond acceptors (Lipinski definition) is 2. The molecular weight excluding hydrogens is 250 g/mol. The maximum atomic E-state index is 8.51. The van der Waals surface area contributed by atoms with Gasteiger partial charge in [0.25, 0.3) is 0 Å². The summed E-state index contributed by atoms with van der Waals surface area (Å²) in [4.78, 5) is 0. The third-order valence-electron chi connectivity index (χ3n) is 3.69. The second kappa shape index (κ2) is 4.78. The van der Waals surface area contributed by atoms with Crippen LogP contribution in [0.25, 0.3) is 20.2 Å². The SMILES string of the molecule is CCc1ccc2c(=N)c3c(CC)cccc3sc2c1. The summed E-state index contributed by atoms with van der Waals surface area (Å²) in [6.07, 6.45) is 2.03. The van der Waals surface area contributed by atoms with Crippen LogP contribution in [-0.2, 0) is 12.8 Å². The molecule has 0 aliphatic carbocycles. The number of rotatable bonds is 2. The molecule has 0 saturated heterocycles. The molecule has 1 nitrogen and oxygen atoms in total. The third kappa shape index (κ3) is 1.96. The second-order valence-corrected chi connectivity index (χ2v) is 5.89. The number of hydrogen-bond donors (Lipinski definition) is 1. The van der Waals surface area contributed by atoms with Crippen molar-refractivity contribution in [1.82, 2.24) is 0 Å². The van der Waals surface area contributed by atoms with Gasteiger partial charge in [0.15, 0.2) is 0 Å². The molecule has 0 spiro atoms. The molecular formula is C17H17NS. The van der Waals surface area contributed by atoms with E-state index in [1.54, 1.807) is 11.3 Å². The van der Waals surface area contributed by atoms with Crippen molar-refractivity contribution >= 4 is 31.5 Å². The van der Waals surface area contributed by atoms with Gasteiger partial charge in [-0.3, -0.25) is 5.41 Å². The lowest BCUT2D eigenvalue weighted by atomic mass is 10.0. The minimum absolute atomic E-state index is 0.684. The predicted molar refractivity (Wildman–Crippen MR) is 83.9 cm³/mol. The van der Waals surface area contributed by atoms with Crippen LogP contribution < -0.4 is 5.36 Å². The van der Waals surface area contributed by atoms with Gasteiger partial charge in [0.05, 0.1) is 5.36 Å². The van der Waals surface area contributed by atoms with Crippen molar-refractivity contribution in [2.24, 2.45) is 0 Å². The fourth-order valence-corrected chi connectivity index (χ4v) is 3.78. The first kappa shape index (κ1) is 12.4. The van der Waals surface area contributed by atoms with E-state index in [1.807, 2.05) is 0 Å². The molecule has 0 unspecified atom stereocenters. The van der Waals surface area contributed by atoms with E-state index in [0.717, 1.165) is 23.6 Å². The molecule has 0 aliphatic rings. The van der Waals surface area contributed by atoms with E-state index < -0.39 is 0 Å². The van der Waals surface area contributed by atoms with Crippen LogP contribution in [-0.4, -0.2) is 0 Å². The topological polar surface area (TPSA) is 23.9 Å². The molecule has 0 radical (unpaired) electrons. The fourth-order valence-electron chi connectivity index (χ4n) is 2.57. The van der Waals surface area contributed by atoms with Gasteiger partial charge in [-0.2, -0.15) is 0 Å². The van der Waals surface area contributed by atoms with Gasteiger partial charge in [-0.05, 0) is 36.1 Å². The highest BCUT2D eigenvalue weighted by Crippen LogP contribution is 2.27. The third-order valence-corrected chi connectivity index (χ3v) is 4.80. The van der Waals surface area contributed by atoms with Gasteiger partial charge in [-0.25, -0.2) is 0 Å². The quantitative estimate of drug-likeness (QED) is 0.653. The number of fused-ring (bicyclic) bond motifs is 2. The van der Waals surface area contributed by atoms with Gasteiger partial charge in [-0.15, -0.1) is 11.3 Å². The second-order valence-electron chi connectivity index (χ2n) is 4.80. The largest absolute Gasteiger partial charge is 0.300 e. The van der Waals surface area contributed by atoms with Crippen LogP contribution in [0.15, 0.2) is 36.4 Å². The Bertz CT molecular complexity index is 814. The highest BCUT2D eigenvalue weighted by Gasteiger charge is 2.07. The lowest BCUT2D eigenvalue weighted by molar-refractivity contribution is 1.14. The van der Waals surface area contributed by atoms with Gasteiger partial charge in [0.1, 0.15) is 0 Å². The van der Waals surface area contributed by atoms with Crippen LogP contribution in [0.1, 0.15) is 25.0 Å². The monoisotopic (exact) mass is 267 g/mol. The van der Waals surface area contributed by atoms with E-state index in [2.05, 4.69) is 50.2 Å². The van der Waals surface area contributed by atoms with E-state index >= 15 is 0 Å². The molecule has 2 heteroatoms. The summed E-state index contributed by atoms with van der Waals surface area (Å²) >= 11 is 1.80. The molecule has 0 atom stereocenters. The Morgan fingerprint density at radius 3 is 2.58 bits per heavy atom. The first-order valence-corrected chi connectivity index (χ1v) is 7.58. The zero-order chi connectivity index (χ0) is 13.4. The summed E-state index contributed by atoms with van der Waals surface area (Å²) in [5, 5.41) is 11.4. The molecule has 0 fully saturated rings. The van der Waals surface area contributed by atoms with Gasteiger partial charge in [0.2, 0.25) is 0 Å². The first-order valence-electron chi connectivity index (χ1n) is 6.76. The highest BCUT2D eigenvalue weighted by molar-refractivity contribution is 7.24. The van der Waals surface area contributed by atoms with E-state index in [-0.39, 0.29) is 0 Å². The Morgan fingerprint density at radius 1 is 1.00 bits per heavy atom. The maximum Gasteiger partial charge on any atom is 0.0715 e. The Morgan fingerprint density at radius 2 is 1.84 bits per heavy atom. The van der Waals surface area contributed by atoms with Gasteiger partial charge < -0.3 is 0 Å². The van der Waals surface area contributed by atoms with Crippen molar-refractivity contribution < 1.29 is 0 Å². The van der Waals surface area contributed by atoms with Crippen LogP contribution in [0.4, 0.5) is 0 Å². The van der Waals surface area contributed by atoms with Crippen molar-refractivity contribution in [2.45, 2.75) is 26.7 Å². The normalized spacial score (nSPS) is 11.3. The molecule has 0 amide bonds. The number of benzene rings is 2. The molecule has 0 saturated carbocycles. The summed E-state index contributed by atoms with van der Waals surface area (Å²) in [7, 11) is 0. The summed E-state index contributed by atoms with van der Waals surface area (Å²) in [5.41, 5.74) is 2.62. The van der Waals surface area contributed by atoms with Crippen LogP contribution in [0.3, 0.4) is 0 Å². The predicted octanol–water partition coefficient (Wildman–Crippen LogP) is 4.66. The van der Waals surface area contributed by atoms with Crippen LogP contribution >= 0.6 is 11.3 Å². The zero-order valence-electron chi connectivity index (χ0n) is 11.3. The highest BCUT2D eigenvalue weighted by atomic mass is 32.1. The summed E-state index contributed by atoms with van der Waals surface area (Å²) in [5.74, 6) is 0. The summed E-state index contributed by atoms with van der Waals surface area (Å²) in [6.45, 7) is 4.33. The first-order chi connectivity index (χ1) is 9.24. The van der Waals surface area contributed by atoms with Crippen molar-refractivity contribution in [1.29, 1.82) is 5.41 Å². The van der Waals surface area contributed by atoms with Gasteiger partial charge in [0, 0.05) is 20.2 Å². The lowest BCUT2D eigenvalue weighted by Gasteiger charge is -2.07. The molecule has 0 aliphatic heterocycles. The van der Waals surface area contributed by atoms with E-state index in [0.29, 0.717) is 5.36 Å². The van der Waals surface area contributed by atoms with E-state index in [4.69, 9.17) is 5.41 Å². The van der Waals surface area contributed by atoms with Gasteiger partial charge >= 0.3 is 0 Å². The summed E-state index contributed by atoms with van der Waals surface area (Å²) < 4.78 is 2.45. The molecule has 0 bridgehead atoms. The summed E-state index contributed by atoms with van der Waals surface area (Å²) in [6, 6.07) is 12.9. The molecule has 96 valence electrons. The molecule has 3 aromatic rings. The lowest BCUT2D eigenvalue weighted by Crippen LogP contribution is -2.04. The Labute approximate surface area is 117 Å². The van der Waals surface area contributed by atoms with E-state index in [9.17, 15) is 0 Å². The molecule has 1 aromatic heterocycles.